The monoisotopic (exact) mass is 255 g/mol. The van der Waals surface area contributed by atoms with Gasteiger partial charge in [-0.05, 0) is 33.1 Å². The third-order valence-corrected chi connectivity index (χ3v) is 4.29. The van der Waals surface area contributed by atoms with Crippen LogP contribution in [0.25, 0.3) is 0 Å². The quantitative estimate of drug-likeness (QED) is 0.793. The molecule has 18 heavy (non-hydrogen) atoms. The van der Waals surface area contributed by atoms with Crippen molar-refractivity contribution < 1.29 is 14.7 Å². The fourth-order valence-electron chi connectivity index (χ4n) is 3.09. The summed E-state index contributed by atoms with van der Waals surface area (Å²) in [7, 11) is 0. The van der Waals surface area contributed by atoms with E-state index in [1.54, 1.807) is 4.90 Å². The highest BCUT2D eigenvalue weighted by atomic mass is 16.4. The third kappa shape index (κ3) is 3.03. The first-order valence-electron chi connectivity index (χ1n) is 6.99. The Bertz CT molecular complexity index is 308. The molecule has 0 aromatic rings. The molecule has 1 amide bonds. The first-order valence-corrected chi connectivity index (χ1v) is 6.99. The molecule has 0 heterocycles. The number of rotatable bonds is 6. The van der Waals surface area contributed by atoms with Crippen LogP contribution in [0.2, 0.25) is 0 Å². The maximum Gasteiger partial charge on any atom is 0.305 e. The Morgan fingerprint density at radius 1 is 1.28 bits per heavy atom. The molecular weight excluding hydrogens is 230 g/mol. The predicted octanol–water partition coefficient (Wildman–Crippen LogP) is 2.67. The Hall–Kier alpha value is -1.06. The predicted molar refractivity (Wildman–Crippen MR) is 70.3 cm³/mol. The molecule has 1 unspecified atom stereocenters. The molecule has 1 aliphatic carbocycles. The van der Waals surface area contributed by atoms with Crippen LogP contribution >= 0.6 is 0 Å². The number of carboxylic acid groups (broad SMARTS) is 1. The van der Waals surface area contributed by atoms with Gasteiger partial charge in [0.25, 0.3) is 0 Å². The van der Waals surface area contributed by atoms with Gasteiger partial charge in [0.05, 0.1) is 6.42 Å². The van der Waals surface area contributed by atoms with Crippen LogP contribution in [0.5, 0.6) is 0 Å². The van der Waals surface area contributed by atoms with E-state index in [4.69, 9.17) is 5.11 Å². The first-order chi connectivity index (χ1) is 8.46. The van der Waals surface area contributed by atoms with Crippen LogP contribution in [-0.4, -0.2) is 34.5 Å². The molecule has 1 atom stereocenters. The Morgan fingerprint density at radius 2 is 1.83 bits per heavy atom. The van der Waals surface area contributed by atoms with Crippen LogP contribution in [-0.2, 0) is 9.59 Å². The Balaban J connectivity index is 2.80. The largest absolute Gasteiger partial charge is 0.481 e. The van der Waals surface area contributed by atoms with Crippen molar-refractivity contribution in [1.82, 2.24) is 4.90 Å². The van der Waals surface area contributed by atoms with Crippen molar-refractivity contribution in [1.29, 1.82) is 0 Å². The lowest BCUT2D eigenvalue weighted by molar-refractivity contribution is -0.146. The van der Waals surface area contributed by atoms with Crippen molar-refractivity contribution >= 4 is 11.9 Å². The minimum atomic E-state index is -0.842. The number of nitrogens with zero attached hydrogens (tertiary/aromatic N) is 1. The summed E-state index contributed by atoms with van der Waals surface area (Å²) in [4.78, 5) is 25.2. The summed E-state index contributed by atoms with van der Waals surface area (Å²) in [5.74, 6) is -0.676. The van der Waals surface area contributed by atoms with Crippen molar-refractivity contribution in [3.63, 3.8) is 0 Å². The average molecular weight is 255 g/mol. The normalized spacial score (nSPS) is 19.5. The van der Waals surface area contributed by atoms with Gasteiger partial charge in [-0.3, -0.25) is 9.59 Å². The lowest BCUT2D eigenvalue weighted by atomic mass is 9.81. The van der Waals surface area contributed by atoms with E-state index in [9.17, 15) is 9.59 Å². The molecule has 0 radical (unpaired) electrons. The van der Waals surface area contributed by atoms with Crippen molar-refractivity contribution in [2.45, 2.75) is 65.3 Å². The summed E-state index contributed by atoms with van der Waals surface area (Å²) in [6.45, 7) is 6.41. The van der Waals surface area contributed by atoms with Crippen molar-refractivity contribution in [3.8, 4) is 0 Å². The number of carbonyl (C=O) groups is 2. The fourth-order valence-corrected chi connectivity index (χ4v) is 3.09. The molecule has 0 spiro atoms. The van der Waals surface area contributed by atoms with Crippen LogP contribution in [0, 0.1) is 5.41 Å². The van der Waals surface area contributed by atoms with E-state index in [1.807, 2.05) is 13.8 Å². The molecule has 0 aromatic heterocycles. The summed E-state index contributed by atoms with van der Waals surface area (Å²) >= 11 is 0. The summed E-state index contributed by atoms with van der Waals surface area (Å²) in [6.07, 6.45) is 5.04. The second kappa shape index (κ2) is 6.21. The van der Waals surface area contributed by atoms with E-state index in [0.29, 0.717) is 6.54 Å². The molecule has 0 saturated heterocycles. The molecule has 1 saturated carbocycles. The van der Waals surface area contributed by atoms with Gasteiger partial charge in [0, 0.05) is 18.0 Å². The van der Waals surface area contributed by atoms with Crippen LogP contribution in [0.15, 0.2) is 0 Å². The SMILES string of the molecule is CCN(C(=O)C1(CC)CCCC1)C(C)CC(=O)O. The Labute approximate surface area is 109 Å². The van der Waals surface area contributed by atoms with Gasteiger partial charge in [0.2, 0.25) is 5.91 Å². The van der Waals surface area contributed by atoms with Crippen LogP contribution in [0.4, 0.5) is 0 Å². The molecule has 0 aromatic carbocycles. The van der Waals surface area contributed by atoms with Gasteiger partial charge in [-0.1, -0.05) is 19.8 Å². The molecule has 0 bridgehead atoms. The maximum absolute atomic E-state index is 12.7. The van der Waals surface area contributed by atoms with Gasteiger partial charge in [-0.25, -0.2) is 0 Å². The van der Waals surface area contributed by atoms with E-state index in [1.165, 1.54) is 0 Å². The van der Waals surface area contributed by atoms with Gasteiger partial charge >= 0.3 is 5.97 Å². The number of hydrogen-bond acceptors (Lipinski definition) is 2. The van der Waals surface area contributed by atoms with Gasteiger partial charge in [-0.2, -0.15) is 0 Å². The highest BCUT2D eigenvalue weighted by Gasteiger charge is 2.42. The summed E-state index contributed by atoms with van der Waals surface area (Å²) in [5.41, 5.74) is -0.219. The molecule has 4 nitrogen and oxygen atoms in total. The number of hydrogen-bond donors (Lipinski definition) is 1. The second-order valence-corrected chi connectivity index (χ2v) is 5.38. The van der Waals surface area contributed by atoms with Gasteiger partial charge in [0.1, 0.15) is 0 Å². The van der Waals surface area contributed by atoms with Crippen molar-refractivity contribution in [3.05, 3.63) is 0 Å². The molecule has 0 aliphatic heterocycles. The maximum atomic E-state index is 12.7. The number of carbonyl (C=O) groups excluding carboxylic acids is 1. The number of amides is 1. The Morgan fingerprint density at radius 3 is 2.22 bits per heavy atom. The highest BCUT2D eigenvalue weighted by molar-refractivity contribution is 5.83. The van der Waals surface area contributed by atoms with Gasteiger partial charge in [0.15, 0.2) is 0 Å². The van der Waals surface area contributed by atoms with E-state index < -0.39 is 5.97 Å². The second-order valence-electron chi connectivity index (χ2n) is 5.38. The van der Waals surface area contributed by atoms with Gasteiger partial charge < -0.3 is 10.0 Å². The lowest BCUT2D eigenvalue weighted by Gasteiger charge is -2.36. The molecule has 1 N–H and O–H groups in total. The minimum absolute atomic E-state index is 0.0272. The van der Waals surface area contributed by atoms with Crippen LogP contribution < -0.4 is 0 Å². The molecule has 1 fully saturated rings. The zero-order chi connectivity index (χ0) is 13.8. The van der Waals surface area contributed by atoms with E-state index in [0.717, 1.165) is 32.1 Å². The zero-order valence-electron chi connectivity index (χ0n) is 11.7. The minimum Gasteiger partial charge on any atom is -0.481 e. The highest BCUT2D eigenvalue weighted by Crippen LogP contribution is 2.42. The molecule has 1 aliphatic rings. The summed E-state index contributed by atoms with van der Waals surface area (Å²) in [5, 5.41) is 8.86. The summed E-state index contributed by atoms with van der Waals surface area (Å²) in [6, 6.07) is -0.218. The number of aliphatic carboxylic acids is 1. The topological polar surface area (TPSA) is 57.6 Å². The molecule has 4 heteroatoms. The number of carboxylic acids is 1. The van der Waals surface area contributed by atoms with E-state index in [2.05, 4.69) is 6.92 Å². The third-order valence-electron chi connectivity index (χ3n) is 4.29. The van der Waals surface area contributed by atoms with Crippen LogP contribution in [0.3, 0.4) is 0 Å². The molecule has 104 valence electrons. The summed E-state index contributed by atoms with van der Waals surface area (Å²) < 4.78 is 0. The Kier molecular flexibility index (Phi) is 5.17. The average Bonchev–Trinajstić information content (AvgIpc) is 2.78. The molecule has 1 rings (SSSR count). The fraction of sp³-hybridized carbons (Fsp3) is 0.857. The van der Waals surface area contributed by atoms with E-state index >= 15 is 0 Å². The lowest BCUT2D eigenvalue weighted by Crippen LogP contribution is -2.47. The zero-order valence-corrected chi connectivity index (χ0v) is 11.7. The first kappa shape index (κ1) is 15.0. The van der Waals surface area contributed by atoms with Crippen molar-refractivity contribution in [2.75, 3.05) is 6.54 Å². The van der Waals surface area contributed by atoms with Gasteiger partial charge in [-0.15, -0.1) is 0 Å². The van der Waals surface area contributed by atoms with E-state index in [-0.39, 0.29) is 23.8 Å². The smallest absolute Gasteiger partial charge is 0.305 e. The molecular formula is C14H25NO3. The van der Waals surface area contributed by atoms with Crippen molar-refractivity contribution in [2.24, 2.45) is 5.41 Å². The van der Waals surface area contributed by atoms with Crippen LogP contribution in [0.1, 0.15) is 59.3 Å². The standard InChI is InChI=1S/C14H25NO3/c1-4-14(8-6-7-9-14)13(18)15(5-2)11(3)10-12(16)17/h11H,4-10H2,1-3H3,(H,16,17).